The molecule has 10 nitrogen and oxygen atoms in total. The number of aliphatic hydroxyl groups is 2. The number of amides is 2. The number of carbonyl (C=O) groups is 3. The molecule has 4 heterocycles. The van der Waals surface area contributed by atoms with Gasteiger partial charge in [-0.15, -0.1) is 11.8 Å². The number of rotatable bonds is 7. The lowest BCUT2D eigenvalue weighted by molar-refractivity contribution is -0.163. The fraction of sp³-hybridized carbons (Fsp3) is 0.762. The molecule has 2 amide bonds. The summed E-state index contributed by atoms with van der Waals surface area (Å²) < 4.78 is 0. The largest absolute Gasteiger partial charge is 0.477 e. The smallest absolute Gasteiger partial charge is 0.353 e. The fourth-order valence-electron chi connectivity index (χ4n) is 5.44. The van der Waals surface area contributed by atoms with E-state index in [9.17, 15) is 29.7 Å². The van der Waals surface area contributed by atoms with Gasteiger partial charge in [-0.3, -0.25) is 9.59 Å². The maximum Gasteiger partial charge on any atom is 0.353 e. The highest BCUT2D eigenvalue weighted by molar-refractivity contribution is 8.03. The van der Waals surface area contributed by atoms with Gasteiger partial charge in [0.25, 0.3) is 0 Å². The van der Waals surface area contributed by atoms with Crippen molar-refractivity contribution in [3.63, 3.8) is 0 Å². The fourth-order valence-corrected chi connectivity index (χ4v) is 6.93. The molecule has 0 aliphatic carbocycles. The van der Waals surface area contributed by atoms with Crippen molar-refractivity contribution in [2.24, 2.45) is 17.6 Å². The second kappa shape index (κ2) is 8.94. The van der Waals surface area contributed by atoms with Gasteiger partial charge in [-0.05, 0) is 19.8 Å². The van der Waals surface area contributed by atoms with Crippen molar-refractivity contribution in [2.45, 2.75) is 68.7 Å². The Morgan fingerprint density at radius 1 is 1.34 bits per heavy atom. The Labute approximate surface area is 191 Å². The van der Waals surface area contributed by atoms with Gasteiger partial charge in [0.15, 0.2) is 0 Å². The number of nitrogens with two attached hydrogens (primary N) is 1. The maximum absolute atomic E-state index is 12.5. The number of β-lactam (4-membered cyclic amide) rings is 1. The predicted molar refractivity (Wildman–Crippen MR) is 117 cm³/mol. The van der Waals surface area contributed by atoms with Gasteiger partial charge in [-0.2, -0.15) is 0 Å². The molecule has 0 aromatic heterocycles. The molecule has 4 rings (SSSR count). The lowest BCUT2D eigenvalue weighted by atomic mass is 9.79. The summed E-state index contributed by atoms with van der Waals surface area (Å²) in [4.78, 5) is 40.5. The first kappa shape index (κ1) is 23.5. The number of thioether (sulfide) groups is 1. The number of aliphatic hydroxyl groups excluding tert-OH is 2. The normalized spacial score (nSPS) is 36.3. The van der Waals surface area contributed by atoms with Crippen LogP contribution in [0.2, 0.25) is 0 Å². The molecule has 0 bridgehead atoms. The Hall–Kier alpha value is -1.66. The van der Waals surface area contributed by atoms with E-state index >= 15 is 0 Å². The van der Waals surface area contributed by atoms with Gasteiger partial charge in [0, 0.05) is 47.8 Å². The molecule has 3 saturated heterocycles. The second-order valence-electron chi connectivity index (χ2n) is 9.42. The number of carboxylic acid groups (broad SMARTS) is 1. The zero-order chi connectivity index (χ0) is 23.3. The molecule has 178 valence electrons. The third-order valence-corrected chi connectivity index (χ3v) is 8.67. The molecule has 0 saturated carbocycles. The standard InChI is InChI=1S/C21H32N4O6S/c1-9-17-16(10(2)26)20(29)25(17)18(21(30)31)19(9)32-12-5-13(23-7-12)14(27)6-15(28)24-4-3-11(22)8-24/h9-14,16-17,23,26-27H,3-8,22H2,1-2H3,(H,30,31)/t9-,10-,11+,12+,13+,14?,16-,17-/m1/s1. The van der Waals surface area contributed by atoms with Crippen molar-refractivity contribution in [2.75, 3.05) is 19.6 Å². The van der Waals surface area contributed by atoms with Crippen LogP contribution in [0.15, 0.2) is 10.6 Å². The second-order valence-corrected chi connectivity index (χ2v) is 10.8. The van der Waals surface area contributed by atoms with Crippen LogP contribution in [0, 0.1) is 11.8 Å². The number of likely N-dealkylation sites (tertiary alicyclic amines) is 1. The van der Waals surface area contributed by atoms with Gasteiger partial charge in [0.1, 0.15) is 5.70 Å². The summed E-state index contributed by atoms with van der Waals surface area (Å²) in [5, 5.41) is 33.6. The van der Waals surface area contributed by atoms with Crippen molar-refractivity contribution in [3.05, 3.63) is 10.6 Å². The van der Waals surface area contributed by atoms with E-state index in [0.29, 0.717) is 31.0 Å². The SMILES string of the molecule is C[C@@H](O)[C@H]1C(=O)N2C(C(=O)O)=C(S[C@@H]3CN[C@H](C(O)CC(=O)N4CC[C@H](N)C4)C3)[C@H](C)[C@H]12. The van der Waals surface area contributed by atoms with Crippen molar-refractivity contribution in [1.29, 1.82) is 0 Å². The highest BCUT2D eigenvalue weighted by atomic mass is 32.2. The molecular formula is C21H32N4O6S. The first-order valence-corrected chi connectivity index (χ1v) is 12.1. The third-order valence-electron chi connectivity index (χ3n) is 7.15. The number of nitrogens with zero attached hydrogens (tertiary/aromatic N) is 2. The molecule has 4 aliphatic heterocycles. The van der Waals surface area contributed by atoms with Crippen LogP contribution in [0.5, 0.6) is 0 Å². The quantitative estimate of drug-likeness (QED) is 0.293. The van der Waals surface area contributed by atoms with E-state index in [4.69, 9.17) is 5.73 Å². The highest BCUT2D eigenvalue weighted by Gasteiger charge is 2.60. The average molecular weight is 469 g/mol. The number of aliphatic carboxylic acids is 1. The van der Waals surface area contributed by atoms with Crippen LogP contribution in [0.4, 0.5) is 0 Å². The molecular weight excluding hydrogens is 436 g/mol. The minimum absolute atomic E-state index is 0.00193. The van der Waals surface area contributed by atoms with Crippen molar-refractivity contribution >= 4 is 29.5 Å². The van der Waals surface area contributed by atoms with Gasteiger partial charge >= 0.3 is 5.97 Å². The number of nitrogens with one attached hydrogen (secondary N) is 1. The Balaban J connectivity index is 1.38. The molecule has 6 N–H and O–H groups in total. The van der Waals surface area contributed by atoms with Gasteiger partial charge in [0.2, 0.25) is 11.8 Å². The minimum Gasteiger partial charge on any atom is -0.477 e. The molecule has 11 heteroatoms. The molecule has 0 spiro atoms. The van der Waals surface area contributed by atoms with E-state index in [0.717, 1.165) is 6.42 Å². The maximum atomic E-state index is 12.5. The number of carboxylic acids is 1. The minimum atomic E-state index is -1.14. The zero-order valence-corrected chi connectivity index (χ0v) is 19.1. The number of fused-ring (bicyclic) bond motifs is 1. The average Bonchev–Trinajstić information content (AvgIpc) is 3.40. The number of hydrogen-bond donors (Lipinski definition) is 5. The van der Waals surface area contributed by atoms with Crippen LogP contribution in [-0.4, -0.2) is 98.1 Å². The summed E-state index contributed by atoms with van der Waals surface area (Å²) >= 11 is 1.43. The van der Waals surface area contributed by atoms with Crippen molar-refractivity contribution < 1.29 is 29.7 Å². The van der Waals surface area contributed by atoms with E-state index in [2.05, 4.69) is 5.32 Å². The molecule has 0 radical (unpaired) electrons. The van der Waals surface area contributed by atoms with Crippen LogP contribution in [-0.2, 0) is 14.4 Å². The molecule has 0 aromatic carbocycles. The van der Waals surface area contributed by atoms with Crippen molar-refractivity contribution in [1.82, 2.24) is 15.1 Å². The Morgan fingerprint density at radius 3 is 2.66 bits per heavy atom. The Morgan fingerprint density at radius 2 is 2.06 bits per heavy atom. The van der Waals surface area contributed by atoms with Gasteiger partial charge < -0.3 is 36.2 Å². The molecule has 32 heavy (non-hydrogen) atoms. The van der Waals surface area contributed by atoms with Gasteiger partial charge in [0.05, 0.1) is 30.6 Å². The van der Waals surface area contributed by atoms with E-state index < -0.39 is 24.1 Å². The third kappa shape index (κ3) is 4.05. The molecule has 1 unspecified atom stereocenters. The van der Waals surface area contributed by atoms with Crippen LogP contribution < -0.4 is 11.1 Å². The first-order valence-electron chi connectivity index (χ1n) is 11.2. The van der Waals surface area contributed by atoms with Crippen LogP contribution in [0.3, 0.4) is 0 Å². The number of hydrogen-bond acceptors (Lipinski definition) is 8. The Kier molecular flexibility index (Phi) is 6.56. The van der Waals surface area contributed by atoms with Gasteiger partial charge in [-0.1, -0.05) is 6.92 Å². The van der Waals surface area contributed by atoms with Crippen LogP contribution in [0.25, 0.3) is 0 Å². The molecule has 8 atom stereocenters. The van der Waals surface area contributed by atoms with Crippen LogP contribution >= 0.6 is 11.8 Å². The summed E-state index contributed by atoms with van der Waals surface area (Å²) in [7, 11) is 0. The predicted octanol–water partition coefficient (Wildman–Crippen LogP) is -1.09. The zero-order valence-electron chi connectivity index (χ0n) is 18.3. The van der Waals surface area contributed by atoms with E-state index in [1.54, 1.807) is 11.8 Å². The Bertz CT molecular complexity index is 835. The summed E-state index contributed by atoms with van der Waals surface area (Å²) in [6.07, 6.45) is -0.277. The monoisotopic (exact) mass is 468 g/mol. The summed E-state index contributed by atoms with van der Waals surface area (Å²) in [5.74, 6) is -2.36. The summed E-state index contributed by atoms with van der Waals surface area (Å²) in [6.45, 7) is 5.16. The lowest BCUT2D eigenvalue weighted by Crippen LogP contribution is -2.63. The van der Waals surface area contributed by atoms with Crippen LogP contribution in [0.1, 0.15) is 33.1 Å². The topological polar surface area (TPSA) is 156 Å². The van der Waals surface area contributed by atoms with E-state index in [1.165, 1.54) is 16.7 Å². The first-order chi connectivity index (χ1) is 15.1. The van der Waals surface area contributed by atoms with Gasteiger partial charge in [-0.25, -0.2) is 4.79 Å². The number of carbonyl (C=O) groups excluding carboxylic acids is 2. The van der Waals surface area contributed by atoms with Crippen molar-refractivity contribution in [3.8, 4) is 0 Å². The van der Waals surface area contributed by atoms with E-state index in [-0.39, 0.29) is 53.2 Å². The summed E-state index contributed by atoms with van der Waals surface area (Å²) in [6, 6.07) is -0.601. The lowest BCUT2D eigenvalue weighted by Gasteiger charge is -2.46. The molecule has 4 aliphatic rings. The highest BCUT2D eigenvalue weighted by Crippen LogP contribution is 2.51. The molecule has 0 aromatic rings. The molecule has 3 fully saturated rings. The summed E-state index contributed by atoms with van der Waals surface area (Å²) in [5.41, 5.74) is 5.87. The van der Waals surface area contributed by atoms with E-state index in [1.807, 2.05) is 6.92 Å².